The predicted octanol–water partition coefficient (Wildman–Crippen LogP) is 4.37. The molecule has 2 N–H and O–H groups in total. The third-order valence-electron chi connectivity index (χ3n) is 6.18. The quantitative estimate of drug-likeness (QED) is 0.538. The Morgan fingerprint density at radius 2 is 1.57 bits per heavy atom. The molecule has 3 rings (SSSR count). The van der Waals surface area contributed by atoms with E-state index in [2.05, 4.69) is 48.8 Å². The van der Waals surface area contributed by atoms with Crippen molar-refractivity contribution in [1.29, 1.82) is 0 Å². The molecule has 0 radical (unpaired) electrons. The molecule has 212 valence electrons. The number of piperidine rings is 1. The number of ether oxygens (including phenoxy) is 1. The summed E-state index contributed by atoms with van der Waals surface area (Å²) in [6, 6.07) is 7.53. The molecule has 2 aliphatic rings. The van der Waals surface area contributed by atoms with E-state index in [0.717, 1.165) is 31.2 Å². The van der Waals surface area contributed by atoms with Crippen LogP contribution in [0.3, 0.4) is 0 Å². The summed E-state index contributed by atoms with van der Waals surface area (Å²) in [6.45, 7) is 11.0. The molecular formula is C23H33F6N3O5. The van der Waals surface area contributed by atoms with Gasteiger partial charge in [0, 0.05) is 44.5 Å². The molecule has 2 aliphatic heterocycles. The number of carbonyl (C=O) groups is 2. The summed E-state index contributed by atoms with van der Waals surface area (Å²) in [7, 11) is 1.83. The number of rotatable bonds is 4. The second kappa shape index (κ2) is 13.3. The number of pyridine rings is 1. The monoisotopic (exact) mass is 545 g/mol. The molecule has 0 aromatic carbocycles. The standard InChI is InChI=1S/C19H31N3O.2C2HF3O2/c1-15(2)22-14-19(12-17(22)13-23-4)8-10-21(11-9-19)18-7-5-6-16(3)20-18;2*3-2(4,5)1(6)7/h5-7,15,17H,8-14H2,1-4H3;2*(H,6,7). The number of hydrogen-bond acceptors (Lipinski definition) is 6. The molecule has 2 fully saturated rings. The van der Waals surface area contributed by atoms with Crippen LogP contribution in [0.15, 0.2) is 18.2 Å². The van der Waals surface area contributed by atoms with E-state index in [0.29, 0.717) is 17.5 Å². The molecule has 14 heteroatoms. The molecule has 1 spiro atoms. The zero-order valence-corrected chi connectivity index (χ0v) is 21.1. The van der Waals surface area contributed by atoms with Crippen molar-refractivity contribution in [2.24, 2.45) is 5.41 Å². The second-order valence-electron chi connectivity index (χ2n) is 9.31. The van der Waals surface area contributed by atoms with Gasteiger partial charge in [0.25, 0.3) is 0 Å². The van der Waals surface area contributed by atoms with Crippen LogP contribution in [0.2, 0.25) is 0 Å². The summed E-state index contributed by atoms with van der Waals surface area (Å²) in [4.78, 5) is 27.6. The van der Waals surface area contributed by atoms with Crippen molar-refractivity contribution < 1.29 is 50.9 Å². The first-order valence-electron chi connectivity index (χ1n) is 11.5. The van der Waals surface area contributed by atoms with Crippen LogP contribution in [0.1, 0.15) is 38.8 Å². The van der Waals surface area contributed by atoms with E-state index in [-0.39, 0.29) is 0 Å². The Morgan fingerprint density at radius 1 is 1.08 bits per heavy atom. The third-order valence-corrected chi connectivity index (χ3v) is 6.18. The number of aliphatic carboxylic acids is 2. The molecule has 2 saturated heterocycles. The van der Waals surface area contributed by atoms with Gasteiger partial charge in [-0.2, -0.15) is 26.3 Å². The Morgan fingerprint density at radius 3 is 1.95 bits per heavy atom. The highest BCUT2D eigenvalue weighted by Gasteiger charge is 2.46. The number of hydrogen-bond donors (Lipinski definition) is 2. The normalized spacial score (nSPS) is 19.6. The van der Waals surface area contributed by atoms with Crippen LogP contribution < -0.4 is 4.90 Å². The van der Waals surface area contributed by atoms with Crippen molar-refractivity contribution in [3.8, 4) is 0 Å². The molecule has 1 aromatic heterocycles. The summed E-state index contributed by atoms with van der Waals surface area (Å²) in [5.74, 6) is -4.37. The number of carboxylic acid groups (broad SMARTS) is 2. The van der Waals surface area contributed by atoms with Crippen LogP contribution in [-0.2, 0) is 14.3 Å². The Labute approximate surface area is 211 Å². The van der Waals surface area contributed by atoms with E-state index in [1.807, 2.05) is 7.11 Å². The van der Waals surface area contributed by atoms with E-state index >= 15 is 0 Å². The zero-order valence-electron chi connectivity index (χ0n) is 21.1. The molecule has 0 saturated carbocycles. The fourth-order valence-electron chi connectivity index (χ4n) is 4.43. The Bertz CT molecular complexity index is 862. The van der Waals surface area contributed by atoms with Crippen LogP contribution in [0.5, 0.6) is 0 Å². The van der Waals surface area contributed by atoms with Gasteiger partial charge in [-0.05, 0) is 57.6 Å². The van der Waals surface area contributed by atoms with Crippen LogP contribution in [0.25, 0.3) is 0 Å². The molecule has 1 atom stereocenters. The largest absolute Gasteiger partial charge is 0.490 e. The molecule has 37 heavy (non-hydrogen) atoms. The number of carboxylic acids is 2. The maximum Gasteiger partial charge on any atom is 0.490 e. The van der Waals surface area contributed by atoms with Gasteiger partial charge < -0.3 is 19.8 Å². The van der Waals surface area contributed by atoms with Gasteiger partial charge in [-0.25, -0.2) is 14.6 Å². The number of halogens is 6. The van der Waals surface area contributed by atoms with Gasteiger partial charge in [0.1, 0.15) is 5.82 Å². The summed E-state index contributed by atoms with van der Waals surface area (Å²) >= 11 is 0. The minimum Gasteiger partial charge on any atom is -0.475 e. The lowest BCUT2D eigenvalue weighted by Crippen LogP contribution is -2.43. The predicted molar refractivity (Wildman–Crippen MR) is 122 cm³/mol. The van der Waals surface area contributed by atoms with E-state index < -0.39 is 24.3 Å². The van der Waals surface area contributed by atoms with Gasteiger partial charge in [-0.3, -0.25) is 4.90 Å². The fraction of sp³-hybridized carbons (Fsp3) is 0.696. The van der Waals surface area contributed by atoms with Gasteiger partial charge in [-0.15, -0.1) is 0 Å². The average molecular weight is 546 g/mol. The molecular weight excluding hydrogens is 512 g/mol. The summed E-state index contributed by atoms with van der Waals surface area (Å²) in [5.41, 5.74) is 1.59. The van der Waals surface area contributed by atoms with Crippen LogP contribution in [0, 0.1) is 12.3 Å². The van der Waals surface area contributed by atoms with Gasteiger partial charge in [0.05, 0.1) is 6.61 Å². The molecule has 1 aromatic rings. The van der Waals surface area contributed by atoms with Crippen LogP contribution in [0.4, 0.5) is 32.2 Å². The molecule has 0 amide bonds. The number of aryl methyl sites for hydroxylation is 1. The van der Waals surface area contributed by atoms with Gasteiger partial charge >= 0.3 is 24.3 Å². The van der Waals surface area contributed by atoms with Gasteiger partial charge in [0.15, 0.2) is 0 Å². The van der Waals surface area contributed by atoms with Crippen molar-refractivity contribution in [3.63, 3.8) is 0 Å². The smallest absolute Gasteiger partial charge is 0.475 e. The highest BCUT2D eigenvalue weighted by atomic mass is 19.4. The lowest BCUT2D eigenvalue weighted by atomic mass is 9.76. The van der Waals surface area contributed by atoms with E-state index in [1.165, 1.54) is 25.8 Å². The van der Waals surface area contributed by atoms with Gasteiger partial charge in [0.2, 0.25) is 0 Å². The Kier molecular flexibility index (Phi) is 11.6. The third kappa shape index (κ3) is 10.3. The summed E-state index contributed by atoms with van der Waals surface area (Å²) < 4.78 is 69.0. The topological polar surface area (TPSA) is 103 Å². The van der Waals surface area contributed by atoms with Gasteiger partial charge in [-0.1, -0.05) is 6.07 Å². The Hall–Kier alpha value is -2.61. The SMILES string of the molecule is COCC1CC2(CCN(c3cccc(C)n3)CC2)CN1C(C)C.O=C(O)C(F)(F)F.O=C(O)C(F)(F)F. The number of aromatic nitrogens is 1. The number of methoxy groups -OCH3 is 1. The minimum absolute atomic E-state index is 0.480. The molecule has 0 aliphatic carbocycles. The minimum atomic E-state index is -5.08. The number of nitrogens with zero attached hydrogens (tertiary/aromatic N) is 3. The lowest BCUT2D eigenvalue weighted by molar-refractivity contribution is -0.193. The Balaban J connectivity index is 0.000000404. The van der Waals surface area contributed by atoms with E-state index in [9.17, 15) is 26.3 Å². The summed E-state index contributed by atoms with van der Waals surface area (Å²) in [5, 5.41) is 14.2. The van der Waals surface area contributed by atoms with E-state index in [4.69, 9.17) is 29.5 Å². The lowest BCUT2D eigenvalue weighted by Gasteiger charge is -2.40. The van der Waals surface area contributed by atoms with Crippen molar-refractivity contribution in [3.05, 3.63) is 23.9 Å². The van der Waals surface area contributed by atoms with E-state index in [1.54, 1.807) is 0 Å². The van der Waals surface area contributed by atoms with Crippen molar-refractivity contribution in [2.75, 3.05) is 38.3 Å². The van der Waals surface area contributed by atoms with Crippen molar-refractivity contribution in [1.82, 2.24) is 9.88 Å². The maximum absolute atomic E-state index is 10.6. The van der Waals surface area contributed by atoms with Crippen molar-refractivity contribution in [2.45, 2.75) is 64.5 Å². The fourth-order valence-corrected chi connectivity index (χ4v) is 4.43. The second-order valence-corrected chi connectivity index (χ2v) is 9.31. The molecule has 1 unspecified atom stereocenters. The highest BCUT2D eigenvalue weighted by molar-refractivity contribution is 5.73. The number of alkyl halides is 6. The van der Waals surface area contributed by atoms with Crippen LogP contribution >= 0.6 is 0 Å². The number of anilines is 1. The average Bonchev–Trinajstić information content (AvgIpc) is 3.12. The zero-order chi connectivity index (χ0) is 28.6. The maximum atomic E-state index is 10.6. The number of likely N-dealkylation sites (tertiary alicyclic amines) is 1. The molecule has 0 bridgehead atoms. The molecule has 8 nitrogen and oxygen atoms in total. The summed E-state index contributed by atoms with van der Waals surface area (Å²) in [6.07, 6.45) is -6.34. The van der Waals surface area contributed by atoms with Crippen LogP contribution in [-0.4, -0.2) is 89.8 Å². The first-order valence-corrected chi connectivity index (χ1v) is 11.5. The first-order chi connectivity index (χ1) is 16.9. The first kappa shape index (κ1) is 32.4. The molecule has 3 heterocycles. The highest BCUT2D eigenvalue weighted by Crippen LogP contribution is 2.44. The van der Waals surface area contributed by atoms with Crippen molar-refractivity contribution >= 4 is 17.8 Å².